The van der Waals surface area contributed by atoms with Crippen LogP contribution < -0.4 is 20.1 Å². The van der Waals surface area contributed by atoms with Crippen LogP contribution in [0.4, 0.5) is 11.5 Å². The Morgan fingerprint density at radius 1 is 1.18 bits per heavy atom. The van der Waals surface area contributed by atoms with E-state index in [1.54, 1.807) is 12.0 Å². The summed E-state index contributed by atoms with van der Waals surface area (Å²) in [4.78, 5) is 22.9. The van der Waals surface area contributed by atoms with Crippen molar-refractivity contribution < 1.29 is 14.3 Å². The molecule has 0 saturated heterocycles. The van der Waals surface area contributed by atoms with Crippen LogP contribution in [0, 0.1) is 0 Å². The molecule has 4 rings (SSSR count). The second-order valence-corrected chi connectivity index (χ2v) is 7.52. The smallest absolute Gasteiger partial charge is 0.250 e. The lowest BCUT2D eigenvalue weighted by atomic mass is 10.1. The number of methoxy groups -OCH3 is 1. The Hall–Kier alpha value is -4.33. The molecule has 2 heterocycles. The maximum atomic E-state index is 12.6. The number of anilines is 2. The quantitative estimate of drug-likeness (QED) is 0.376. The average Bonchev–Trinajstić information content (AvgIpc) is 3.25. The van der Waals surface area contributed by atoms with Gasteiger partial charge in [-0.25, -0.2) is 9.97 Å². The number of hydrogen-bond acceptors (Lipinski definition) is 6. The summed E-state index contributed by atoms with van der Waals surface area (Å²) in [6.45, 7) is 7.03. The van der Waals surface area contributed by atoms with Gasteiger partial charge in [0.1, 0.15) is 17.8 Å². The molecule has 8 nitrogen and oxygen atoms in total. The molecule has 34 heavy (non-hydrogen) atoms. The number of nitrogens with two attached hydrogens (primary N) is 1. The summed E-state index contributed by atoms with van der Waals surface area (Å²) in [6.07, 6.45) is 4.74. The van der Waals surface area contributed by atoms with Crippen molar-refractivity contribution in [3.63, 3.8) is 0 Å². The highest BCUT2D eigenvalue weighted by atomic mass is 16.5. The lowest BCUT2D eigenvalue weighted by Crippen LogP contribution is -2.32. The predicted molar refractivity (Wildman–Crippen MR) is 134 cm³/mol. The molecule has 0 fully saturated rings. The van der Waals surface area contributed by atoms with E-state index in [1.807, 2.05) is 66.2 Å². The van der Waals surface area contributed by atoms with Gasteiger partial charge < -0.3 is 24.7 Å². The predicted octanol–water partition coefficient (Wildman–Crippen LogP) is 4.31. The molecule has 0 aliphatic rings. The second-order valence-electron chi connectivity index (χ2n) is 7.52. The maximum absolute atomic E-state index is 12.6. The number of amides is 1. The van der Waals surface area contributed by atoms with Crippen LogP contribution in [0.3, 0.4) is 0 Å². The highest BCUT2D eigenvalue weighted by molar-refractivity contribution is 6.02. The molecule has 2 N–H and O–H groups in total. The van der Waals surface area contributed by atoms with E-state index in [0.29, 0.717) is 42.7 Å². The fraction of sp³-hybridized carbons (Fsp3) is 0.192. The zero-order valence-electron chi connectivity index (χ0n) is 19.3. The number of para-hydroxylation sites is 1. The minimum atomic E-state index is -0.173. The third-order valence-corrected chi connectivity index (χ3v) is 5.53. The molecule has 0 aliphatic carbocycles. The second kappa shape index (κ2) is 10.1. The number of ether oxygens (including phenoxy) is 2. The third-order valence-electron chi connectivity index (χ3n) is 5.53. The highest BCUT2D eigenvalue weighted by Crippen LogP contribution is 2.37. The molecule has 0 atom stereocenters. The van der Waals surface area contributed by atoms with Crippen LogP contribution in [0.2, 0.25) is 0 Å². The number of carbonyl (C=O) groups excluding carboxylic acids is 1. The molecule has 2 aromatic heterocycles. The van der Waals surface area contributed by atoms with Crippen molar-refractivity contribution in [2.75, 3.05) is 30.9 Å². The topological polar surface area (TPSA) is 95.5 Å². The molecule has 0 bridgehead atoms. The summed E-state index contributed by atoms with van der Waals surface area (Å²) in [6, 6.07) is 15.2. The fourth-order valence-corrected chi connectivity index (χ4v) is 3.94. The van der Waals surface area contributed by atoms with Crippen LogP contribution in [0.15, 0.2) is 73.7 Å². The van der Waals surface area contributed by atoms with Crippen LogP contribution in [0.1, 0.15) is 6.92 Å². The van der Waals surface area contributed by atoms with Gasteiger partial charge in [0, 0.05) is 30.5 Å². The summed E-state index contributed by atoms with van der Waals surface area (Å²) in [7, 11) is 1.61. The molecule has 0 unspecified atom stereocenters. The Labute approximate surface area is 198 Å². The third kappa shape index (κ3) is 4.43. The van der Waals surface area contributed by atoms with Gasteiger partial charge in [-0.3, -0.25) is 4.79 Å². The molecule has 0 radical (unpaired) electrons. The summed E-state index contributed by atoms with van der Waals surface area (Å²) in [5, 5.41) is 0.745. The maximum Gasteiger partial charge on any atom is 0.250 e. The molecule has 0 spiro atoms. The monoisotopic (exact) mass is 457 g/mol. The van der Waals surface area contributed by atoms with Gasteiger partial charge in [-0.2, -0.15) is 0 Å². The van der Waals surface area contributed by atoms with Gasteiger partial charge in [-0.1, -0.05) is 30.8 Å². The van der Waals surface area contributed by atoms with Crippen molar-refractivity contribution in [1.82, 2.24) is 14.5 Å². The SMILES string of the molecule is C=CC(=O)N(CCn1cc(-c2ccc(OCC)c(OC)c2)c2c(N)ncnc21)c1ccccc1. The van der Waals surface area contributed by atoms with E-state index in [-0.39, 0.29) is 5.91 Å². The Balaban J connectivity index is 1.74. The van der Waals surface area contributed by atoms with Crippen molar-refractivity contribution in [2.24, 2.45) is 0 Å². The highest BCUT2D eigenvalue weighted by Gasteiger charge is 2.19. The van der Waals surface area contributed by atoms with Crippen molar-refractivity contribution in [2.45, 2.75) is 13.5 Å². The van der Waals surface area contributed by atoms with E-state index in [2.05, 4.69) is 16.5 Å². The van der Waals surface area contributed by atoms with Crippen LogP contribution in [0.25, 0.3) is 22.2 Å². The minimum absolute atomic E-state index is 0.173. The number of carbonyl (C=O) groups is 1. The van der Waals surface area contributed by atoms with Gasteiger partial charge in [-0.15, -0.1) is 0 Å². The summed E-state index contributed by atoms with van der Waals surface area (Å²) >= 11 is 0. The first-order valence-corrected chi connectivity index (χ1v) is 11.0. The normalized spacial score (nSPS) is 10.8. The van der Waals surface area contributed by atoms with Crippen molar-refractivity contribution in [1.29, 1.82) is 0 Å². The molecule has 4 aromatic rings. The van der Waals surface area contributed by atoms with Gasteiger partial charge >= 0.3 is 0 Å². The van der Waals surface area contributed by atoms with Crippen molar-refractivity contribution in [3.05, 3.63) is 73.7 Å². The zero-order valence-corrected chi connectivity index (χ0v) is 19.3. The molecule has 8 heteroatoms. The average molecular weight is 458 g/mol. The van der Waals surface area contributed by atoms with Crippen molar-refractivity contribution >= 4 is 28.4 Å². The van der Waals surface area contributed by atoms with Crippen LogP contribution in [-0.4, -0.2) is 40.7 Å². The van der Waals surface area contributed by atoms with E-state index >= 15 is 0 Å². The Morgan fingerprint density at radius 2 is 1.97 bits per heavy atom. The zero-order chi connectivity index (χ0) is 24.1. The number of rotatable bonds is 9. The van der Waals surface area contributed by atoms with E-state index in [4.69, 9.17) is 15.2 Å². The van der Waals surface area contributed by atoms with Crippen molar-refractivity contribution in [3.8, 4) is 22.6 Å². The van der Waals surface area contributed by atoms with Gasteiger partial charge in [0.25, 0.3) is 0 Å². The number of nitrogen functional groups attached to an aromatic ring is 1. The molecule has 0 aliphatic heterocycles. The lowest BCUT2D eigenvalue weighted by molar-refractivity contribution is -0.114. The van der Waals surface area contributed by atoms with Gasteiger partial charge in [-0.05, 0) is 42.8 Å². The standard InChI is InChI=1S/C26H27N5O3/c1-4-23(32)31(19-9-7-6-8-10-19)14-13-30-16-20(24-25(27)28-17-29-26(24)30)18-11-12-21(34-5-2)22(15-18)33-3/h4,6-12,15-17H,1,5,13-14H2,2-3H3,(H2,27,28,29). The molecule has 1 amide bonds. The van der Waals surface area contributed by atoms with Crippen LogP contribution in [-0.2, 0) is 11.3 Å². The van der Waals surface area contributed by atoms with E-state index < -0.39 is 0 Å². The number of nitrogens with zero attached hydrogens (tertiary/aromatic N) is 4. The number of hydrogen-bond donors (Lipinski definition) is 1. The largest absolute Gasteiger partial charge is 0.493 e. The molecule has 0 saturated carbocycles. The summed E-state index contributed by atoms with van der Waals surface area (Å²) in [5.41, 5.74) is 9.53. The Bertz CT molecular complexity index is 1320. The first kappa shape index (κ1) is 22.8. The van der Waals surface area contributed by atoms with E-state index in [0.717, 1.165) is 22.2 Å². The number of fused-ring (bicyclic) bond motifs is 1. The minimum Gasteiger partial charge on any atom is -0.493 e. The van der Waals surface area contributed by atoms with E-state index in [1.165, 1.54) is 12.4 Å². The lowest BCUT2D eigenvalue weighted by Gasteiger charge is -2.21. The Morgan fingerprint density at radius 3 is 2.68 bits per heavy atom. The Kier molecular flexibility index (Phi) is 6.77. The first-order chi connectivity index (χ1) is 16.6. The van der Waals surface area contributed by atoms with Gasteiger partial charge in [0.05, 0.1) is 19.1 Å². The molecular weight excluding hydrogens is 430 g/mol. The summed E-state index contributed by atoms with van der Waals surface area (Å²) < 4.78 is 13.2. The van der Waals surface area contributed by atoms with Crippen LogP contribution in [0.5, 0.6) is 11.5 Å². The number of aromatic nitrogens is 3. The molecule has 174 valence electrons. The first-order valence-electron chi connectivity index (χ1n) is 11.0. The van der Waals surface area contributed by atoms with E-state index in [9.17, 15) is 4.79 Å². The summed E-state index contributed by atoms with van der Waals surface area (Å²) in [5.74, 6) is 1.51. The van der Waals surface area contributed by atoms with Gasteiger partial charge in [0.15, 0.2) is 11.5 Å². The molecule has 2 aromatic carbocycles. The van der Waals surface area contributed by atoms with Crippen LogP contribution >= 0.6 is 0 Å². The number of benzene rings is 2. The fourth-order valence-electron chi connectivity index (χ4n) is 3.94. The van der Waals surface area contributed by atoms with Gasteiger partial charge in [0.2, 0.25) is 5.91 Å². The molecular formula is C26H27N5O3.